The summed E-state index contributed by atoms with van der Waals surface area (Å²) in [6, 6.07) is 19.7. The number of rotatable bonds is 4. The molecular weight excluding hydrogens is 250 g/mol. The summed E-state index contributed by atoms with van der Waals surface area (Å²) in [5, 5.41) is 9.01. The average Bonchev–Trinajstić information content (AvgIpc) is 3.26. The first-order valence-corrected chi connectivity index (χ1v) is 6.67. The summed E-state index contributed by atoms with van der Waals surface area (Å²) in [4.78, 5) is 15.6. The number of nitrogens with zero attached hydrogens (tertiary/aromatic N) is 1. The van der Waals surface area contributed by atoms with Crippen molar-refractivity contribution >= 4 is 11.7 Å². The lowest BCUT2D eigenvalue weighted by Gasteiger charge is -2.07. The van der Waals surface area contributed by atoms with Crippen LogP contribution >= 0.6 is 0 Å². The molecule has 2 aromatic rings. The fraction of sp³-hybridized carbons (Fsp3) is 0.176. The van der Waals surface area contributed by atoms with Gasteiger partial charge in [-0.2, -0.15) is 0 Å². The van der Waals surface area contributed by atoms with Gasteiger partial charge < -0.3 is 5.11 Å². The molecule has 3 rings (SSSR count). The Balaban J connectivity index is 1.97. The molecule has 1 aliphatic rings. The van der Waals surface area contributed by atoms with Gasteiger partial charge in [0.2, 0.25) is 0 Å². The Morgan fingerprint density at radius 2 is 1.45 bits per heavy atom. The number of carbonyl (C=O) groups is 1. The summed E-state index contributed by atoms with van der Waals surface area (Å²) >= 11 is 0. The molecule has 0 heterocycles. The monoisotopic (exact) mass is 265 g/mol. The molecule has 2 atom stereocenters. The van der Waals surface area contributed by atoms with E-state index in [4.69, 9.17) is 5.11 Å². The van der Waals surface area contributed by atoms with E-state index in [9.17, 15) is 4.79 Å². The van der Waals surface area contributed by atoms with E-state index in [2.05, 4.69) is 4.99 Å². The predicted molar refractivity (Wildman–Crippen MR) is 78.1 cm³/mol. The summed E-state index contributed by atoms with van der Waals surface area (Å²) in [6.07, 6.45) is 0.637. The van der Waals surface area contributed by atoms with E-state index in [1.165, 1.54) is 0 Å². The van der Waals surface area contributed by atoms with E-state index in [0.717, 1.165) is 16.8 Å². The molecule has 0 aromatic heterocycles. The number of hydrogen-bond donors (Lipinski definition) is 1. The van der Waals surface area contributed by atoms with Gasteiger partial charge in [0.25, 0.3) is 0 Å². The maximum atomic E-state index is 11.0. The summed E-state index contributed by atoms with van der Waals surface area (Å²) < 4.78 is 0. The van der Waals surface area contributed by atoms with Crippen LogP contribution in [0.5, 0.6) is 0 Å². The van der Waals surface area contributed by atoms with Gasteiger partial charge in [-0.15, -0.1) is 0 Å². The molecule has 0 bridgehead atoms. The maximum Gasteiger partial charge on any atom is 0.308 e. The van der Waals surface area contributed by atoms with Gasteiger partial charge in [0.05, 0.1) is 17.7 Å². The van der Waals surface area contributed by atoms with Crippen molar-refractivity contribution in [2.45, 2.75) is 12.5 Å². The smallest absolute Gasteiger partial charge is 0.308 e. The highest BCUT2D eigenvalue weighted by Crippen LogP contribution is 2.35. The quantitative estimate of drug-likeness (QED) is 0.864. The molecule has 0 radical (unpaired) electrons. The molecule has 0 amide bonds. The van der Waals surface area contributed by atoms with E-state index >= 15 is 0 Å². The molecule has 1 saturated carbocycles. The van der Waals surface area contributed by atoms with Crippen LogP contribution < -0.4 is 0 Å². The number of hydrogen-bond acceptors (Lipinski definition) is 2. The number of aliphatic carboxylic acids is 1. The van der Waals surface area contributed by atoms with Gasteiger partial charge >= 0.3 is 5.97 Å². The summed E-state index contributed by atoms with van der Waals surface area (Å²) in [6.45, 7) is 0. The van der Waals surface area contributed by atoms with Crippen LogP contribution in [0.2, 0.25) is 0 Å². The summed E-state index contributed by atoms with van der Waals surface area (Å²) in [5.41, 5.74) is 2.92. The molecule has 1 N–H and O–H groups in total. The van der Waals surface area contributed by atoms with Crippen molar-refractivity contribution in [3.05, 3.63) is 71.8 Å². The zero-order chi connectivity index (χ0) is 13.9. The topological polar surface area (TPSA) is 49.7 Å². The second-order valence-electron chi connectivity index (χ2n) is 4.96. The van der Waals surface area contributed by atoms with Crippen LogP contribution in [-0.4, -0.2) is 22.8 Å². The standard InChI is InChI=1S/C17H15NO2/c19-17(20)14-11-15(14)18-16(12-7-3-1-4-8-12)13-9-5-2-6-10-13/h1-10,14-15H,11H2,(H,19,20)/t14-,15-/m1/s1. The van der Waals surface area contributed by atoms with Crippen molar-refractivity contribution in [3.8, 4) is 0 Å². The van der Waals surface area contributed by atoms with Crippen molar-refractivity contribution in [3.63, 3.8) is 0 Å². The minimum atomic E-state index is -0.751. The first-order chi connectivity index (χ1) is 9.75. The molecule has 100 valence electrons. The first kappa shape index (κ1) is 12.6. The number of carboxylic acid groups (broad SMARTS) is 1. The van der Waals surface area contributed by atoms with E-state index in [1.807, 2.05) is 60.7 Å². The molecule has 1 aliphatic carbocycles. The number of benzene rings is 2. The number of carboxylic acids is 1. The molecule has 0 aliphatic heterocycles. The second-order valence-corrected chi connectivity index (χ2v) is 4.96. The lowest BCUT2D eigenvalue weighted by Crippen LogP contribution is -2.07. The molecule has 20 heavy (non-hydrogen) atoms. The third-order valence-corrected chi connectivity index (χ3v) is 3.46. The highest BCUT2D eigenvalue weighted by Gasteiger charge is 2.43. The van der Waals surface area contributed by atoms with Crippen molar-refractivity contribution in [1.29, 1.82) is 0 Å². The minimum Gasteiger partial charge on any atom is -0.481 e. The largest absolute Gasteiger partial charge is 0.481 e. The molecule has 0 unspecified atom stereocenters. The van der Waals surface area contributed by atoms with Crippen LogP contribution in [0.4, 0.5) is 0 Å². The molecule has 2 aromatic carbocycles. The Morgan fingerprint density at radius 1 is 0.950 bits per heavy atom. The maximum absolute atomic E-state index is 11.0. The van der Waals surface area contributed by atoms with Gasteiger partial charge in [-0.05, 0) is 6.42 Å². The van der Waals surface area contributed by atoms with Gasteiger partial charge in [0.1, 0.15) is 0 Å². The Kier molecular flexibility index (Phi) is 3.33. The highest BCUT2D eigenvalue weighted by molar-refractivity contribution is 6.13. The van der Waals surface area contributed by atoms with Gasteiger partial charge in [0, 0.05) is 11.1 Å². The van der Waals surface area contributed by atoms with Crippen LogP contribution in [0.3, 0.4) is 0 Å². The highest BCUT2D eigenvalue weighted by atomic mass is 16.4. The molecule has 0 saturated heterocycles. The van der Waals surface area contributed by atoms with Crippen molar-refractivity contribution in [1.82, 2.24) is 0 Å². The molecule has 3 nitrogen and oxygen atoms in total. The SMILES string of the molecule is O=C(O)[C@@H]1C[C@H]1N=C(c1ccccc1)c1ccccc1. The van der Waals surface area contributed by atoms with Crippen molar-refractivity contribution in [2.24, 2.45) is 10.9 Å². The van der Waals surface area contributed by atoms with Gasteiger partial charge in [-0.1, -0.05) is 60.7 Å². The van der Waals surface area contributed by atoms with Crippen molar-refractivity contribution < 1.29 is 9.90 Å². The second kappa shape index (κ2) is 5.29. The lowest BCUT2D eigenvalue weighted by atomic mass is 10.0. The zero-order valence-electron chi connectivity index (χ0n) is 10.9. The fourth-order valence-corrected chi connectivity index (χ4v) is 2.26. The third kappa shape index (κ3) is 2.62. The number of aliphatic imine (C=N–C) groups is 1. The fourth-order valence-electron chi connectivity index (χ4n) is 2.26. The molecule has 3 heteroatoms. The van der Waals surface area contributed by atoms with Gasteiger partial charge in [-0.3, -0.25) is 9.79 Å². The Hall–Kier alpha value is -2.42. The van der Waals surface area contributed by atoms with E-state index in [1.54, 1.807) is 0 Å². The average molecular weight is 265 g/mol. The van der Waals surface area contributed by atoms with Crippen LogP contribution in [-0.2, 0) is 4.79 Å². The van der Waals surface area contributed by atoms with Gasteiger partial charge in [0.15, 0.2) is 0 Å². The predicted octanol–water partition coefficient (Wildman–Crippen LogP) is 3.00. The van der Waals surface area contributed by atoms with Crippen LogP contribution in [0.25, 0.3) is 0 Å². The van der Waals surface area contributed by atoms with Crippen LogP contribution in [0.1, 0.15) is 17.5 Å². The van der Waals surface area contributed by atoms with Crippen LogP contribution in [0.15, 0.2) is 65.7 Å². The minimum absolute atomic E-state index is 0.0945. The normalized spacial score (nSPS) is 20.2. The van der Waals surface area contributed by atoms with Crippen LogP contribution in [0, 0.1) is 5.92 Å². The Morgan fingerprint density at radius 3 is 1.85 bits per heavy atom. The first-order valence-electron chi connectivity index (χ1n) is 6.67. The molecule has 0 spiro atoms. The van der Waals surface area contributed by atoms with E-state index in [0.29, 0.717) is 6.42 Å². The lowest BCUT2D eigenvalue weighted by molar-refractivity contribution is -0.138. The summed E-state index contributed by atoms with van der Waals surface area (Å²) in [7, 11) is 0. The zero-order valence-corrected chi connectivity index (χ0v) is 10.9. The van der Waals surface area contributed by atoms with Gasteiger partial charge in [-0.25, -0.2) is 0 Å². The molecule has 1 fully saturated rings. The Labute approximate surface area is 117 Å². The molecular formula is C17H15NO2. The Bertz CT molecular complexity index is 593. The third-order valence-electron chi connectivity index (χ3n) is 3.46. The van der Waals surface area contributed by atoms with Crippen molar-refractivity contribution in [2.75, 3.05) is 0 Å². The summed E-state index contributed by atoms with van der Waals surface area (Å²) in [5.74, 6) is -1.07. The van der Waals surface area contributed by atoms with E-state index < -0.39 is 5.97 Å². The van der Waals surface area contributed by atoms with E-state index in [-0.39, 0.29) is 12.0 Å².